The minimum atomic E-state index is -7.13. The van der Waals surface area contributed by atoms with Crippen LogP contribution in [0.5, 0.6) is 0 Å². The first-order chi connectivity index (χ1) is 14.5. The third-order valence-corrected chi connectivity index (χ3v) is 3.44. The Kier molecular flexibility index (Phi) is 8.03. The lowest BCUT2D eigenvalue weighted by Gasteiger charge is -2.34. The molecule has 0 N–H and O–H groups in total. The molecule has 0 aromatic rings. The summed E-state index contributed by atoms with van der Waals surface area (Å²) < 4.78 is 212. The Labute approximate surface area is 176 Å². The molecule has 0 radical (unpaired) electrons. The molecule has 0 aromatic heterocycles. The Morgan fingerprint density at radius 1 is 0.471 bits per heavy atom. The molecule has 0 bridgehead atoms. The Hall–Kier alpha value is -2.44. The lowest BCUT2D eigenvalue weighted by Crippen LogP contribution is -2.62. The topological polar surface area (TPSA) is 52.6 Å². The van der Waals surface area contributed by atoms with Crippen molar-refractivity contribution in [1.82, 2.24) is 0 Å². The van der Waals surface area contributed by atoms with E-state index in [-0.39, 0.29) is 0 Å². The summed E-state index contributed by atoms with van der Waals surface area (Å²) in [6.45, 7) is -1.86. The van der Waals surface area contributed by atoms with Crippen LogP contribution in [0.4, 0.5) is 70.2 Å². The van der Waals surface area contributed by atoms with Crippen LogP contribution in [-0.4, -0.2) is 59.7 Å². The Morgan fingerprint density at radius 2 is 0.676 bits per heavy atom. The molecule has 0 rings (SSSR count). The number of carbonyl (C=O) groups excluding carboxylic acids is 2. The van der Waals surface area contributed by atoms with Gasteiger partial charge in [-0.05, 0) is 0 Å². The lowest BCUT2D eigenvalue weighted by atomic mass is 10.1. The number of hydrogen-bond acceptors (Lipinski definition) is 4. The fourth-order valence-electron chi connectivity index (χ4n) is 1.50. The van der Waals surface area contributed by atoms with E-state index >= 15 is 0 Å². The molecule has 0 atom stereocenters. The molecule has 34 heavy (non-hydrogen) atoms. The normalized spacial score (nSPS) is 15.5. The average molecular weight is 544 g/mol. The predicted molar refractivity (Wildman–Crippen MR) is 72.2 cm³/mol. The van der Waals surface area contributed by atoms with Crippen LogP contribution in [0.2, 0.25) is 0 Å². The van der Waals surface area contributed by atoms with E-state index in [4.69, 9.17) is 0 Å². The largest absolute Gasteiger partial charge is 0.473 e. The van der Waals surface area contributed by atoms with Crippen molar-refractivity contribution in [1.29, 1.82) is 0 Å². The summed E-state index contributed by atoms with van der Waals surface area (Å²) in [7, 11) is 0. The highest BCUT2D eigenvalue weighted by atomic mass is 19.4. The van der Waals surface area contributed by atoms with E-state index in [9.17, 15) is 79.8 Å². The molecule has 20 heteroatoms. The molecule has 0 aliphatic rings. The second-order valence-corrected chi connectivity index (χ2v) is 6.28. The van der Waals surface area contributed by atoms with Crippen LogP contribution >= 0.6 is 0 Å². The van der Waals surface area contributed by atoms with Gasteiger partial charge in [-0.25, -0.2) is 9.59 Å². The van der Waals surface area contributed by atoms with Crippen LogP contribution in [0.25, 0.3) is 0 Å². The minimum Gasteiger partial charge on any atom is -0.393 e. The van der Waals surface area contributed by atoms with Crippen molar-refractivity contribution in [2.75, 3.05) is 0 Å². The summed E-state index contributed by atoms with van der Waals surface area (Å²) in [4.78, 5) is 21.8. The van der Waals surface area contributed by atoms with Crippen molar-refractivity contribution in [2.24, 2.45) is 0 Å². The van der Waals surface area contributed by atoms with Gasteiger partial charge in [0.05, 0.1) is 0 Å². The van der Waals surface area contributed by atoms with Crippen LogP contribution in [0.1, 0.15) is 13.8 Å². The van der Waals surface area contributed by atoms with Gasteiger partial charge in [-0.3, -0.25) is 0 Å². The van der Waals surface area contributed by atoms with E-state index in [1.165, 1.54) is 0 Å². The standard InChI is InChI=1S/C14H8F16O4/c1-7(15,16)9(19,20)11(23,24)13(27,28)33-5(31)3-4-6(32)34-14(29,30)12(25,26)10(21,22)8(2,17)18/h3-4H,1-2H3. The lowest BCUT2D eigenvalue weighted by molar-refractivity contribution is -0.414. The van der Waals surface area contributed by atoms with Crippen LogP contribution < -0.4 is 0 Å². The minimum absolute atomic E-state index is 0.928. The molecular formula is C14H8F16O4. The first-order valence-electron chi connectivity index (χ1n) is 7.66. The number of rotatable bonds is 10. The maximum atomic E-state index is 13.1. The summed E-state index contributed by atoms with van der Waals surface area (Å²) in [6, 6.07) is 0. The summed E-state index contributed by atoms with van der Waals surface area (Å²) in [5.74, 6) is -45.8. The van der Waals surface area contributed by atoms with Gasteiger partial charge in [-0.2, -0.15) is 70.2 Å². The quantitative estimate of drug-likeness (QED) is 0.202. The fraction of sp³-hybridized carbons (Fsp3) is 0.714. The van der Waals surface area contributed by atoms with Crippen LogP contribution in [0, 0.1) is 0 Å². The summed E-state index contributed by atoms with van der Waals surface area (Å²) >= 11 is 0. The second kappa shape index (κ2) is 8.65. The van der Waals surface area contributed by atoms with Crippen molar-refractivity contribution in [3.05, 3.63) is 12.2 Å². The maximum Gasteiger partial charge on any atom is 0.473 e. The molecule has 0 spiro atoms. The van der Waals surface area contributed by atoms with Crippen molar-refractivity contribution in [3.63, 3.8) is 0 Å². The Balaban J connectivity index is 5.61. The molecule has 0 amide bonds. The van der Waals surface area contributed by atoms with E-state index in [0.29, 0.717) is 0 Å². The second-order valence-electron chi connectivity index (χ2n) is 6.28. The maximum absolute atomic E-state index is 13.1. The number of halogens is 16. The molecule has 0 aliphatic heterocycles. The molecule has 0 saturated carbocycles. The first-order valence-corrected chi connectivity index (χ1v) is 7.66. The molecule has 0 heterocycles. The predicted octanol–water partition coefficient (Wildman–Crippen LogP) is 5.67. The summed E-state index contributed by atoms with van der Waals surface area (Å²) in [5.41, 5.74) is 0. The van der Waals surface area contributed by atoms with Gasteiger partial charge in [0.2, 0.25) is 0 Å². The van der Waals surface area contributed by atoms with E-state index in [1.54, 1.807) is 0 Å². The van der Waals surface area contributed by atoms with Crippen LogP contribution in [0.3, 0.4) is 0 Å². The zero-order valence-electron chi connectivity index (χ0n) is 15.8. The Bertz CT molecular complexity index is 740. The van der Waals surface area contributed by atoms with E-state index in [1.807, 2.05) is 0 Å². The van der Waals surface area contributed by atoms with Crippen LogP contribution in [-0.2, 0) is 19.1 Å². The average Bonchev–Trinajstić information content (AvgIpc) is 2.56. The van der Waals surface area contributed by atoms with Gasteiger partial charge in [0.1, 0.15) is 0 Å². The third kappa shape index (κ3) is 5.44. The Morgan fingerprint density at radius 3 is 0.853 bits per heavy atom. The first kappa shape index (κ1) is 31.6. The molecule has 0 unspecified atom stereocenters. The van der Waals surface area contributed by atoms with Crippen molar-refractivity contribution >= 4 is 11.9 Å². The summed E-state index contributed by atoms with van der Waals surface area (Å²) in [5, 5.41) is 0. The van der Waals surface area contributed by atoms with Gasteiger partial charge in [-0.1, -0.05) is 0 Å². The highest BCUT2D eigenvalue weighted by Crippen LogP contribution is 2.54. The van der Waals surface area contributed by atoms with Crippen LogP contribution in [0.15, 0.2) is 12.2 Å². The van der Waals surface area contributed by atoms with Gasteiger partial charge >= 0.3 is 59.7 Å². The van der Waals surface area contributed by atoms with Gasteiger partial charge < -0.3 is 9.47 Å². The number of alkyl halides is 16. The van der Waals surface area contributed by atoms with Gasteiger partial charge in [0.15, 0.2) is 0 Å². The number of ether oxygens (including phenoxy) is 2. The highest BCUT2D eigenvalue weighted by molar-refractivity contribution is 5.91. The van der Waals surface area contributed by atoms with E-state index < -0.39 is 85.7 Å². The monoisotopic (exact) mass is 544 g/mol. The SMILES string of the molecule is CC(F)(F)C(F)(F)C(F)(F)C(F)(F)OC(=O)C=CC(=O)OC(F)(F)C(F)(F)C(F)(F)C(C)(F)F. The highest BCUT2D eigenvalue weighted by Gasteiger charge is 2.82. The smallest absolute Gasteiger partial charge is 0.393 e. The van der Waals surface area contributed by atoms with Crippen molar-refractivity contribution < 1.29 is 89.3 Å². The van der Waals surface area contributed by atoms with Gasteiger partial charge in [-0.15, -0.1) is 0 Å². The summed E-state index contributed by atoms with van der Waals surface area (Å²) in [6.07, 6.45) is -15.5. The molecule has 0 fully saturated rings. The molecule has 0 saturated heterocycles. The molecule has 200 valence electrons. The number of carbonyl (C=O) groups is 2. The van der Waals surface area contributed by atoms with Gasteiger partial charge in [0.25, 0.3) is 0 Å². The number of esters is 2. The van der Waals surface area contributed by atoms with Crippen molar-refractivity contribution in [2.45, 2.75) is 61.6 Å². The van der Waals surface area contributed by atoms with E-state index in [0.717, 1.165) is 0 Å². The third-order valence-electron chi connectivity index (χ3n) is 3.44. The molecular weight excluding hydrogens is 536 g/mol. The zero-order chi connectivity index (χ0) is 28.0. The van der Waals surface area contributed by atoms with Crippen molar-refractivity contribution in [3.8, 4) is 0 Å². The number of hydrogen-bond donors (Lipinski definition) is 0. The zero-order valence-corrected chi connectivity index (χ0v) is 15.8. The van der Waals surface area contributed by atoms with Gasteiger partial charge in [0, 0.05) is 26.0 Å². The van der Waals surface area contributed by atoms with E-state index in [2.05, 4.69) is 9.47 Å². The molecule has 0 aliphatic carbocycles. The fourth-order valence-corrected chi connectivity index (χ4v) is 1.50. The molecule has 0 aromatic carbocycles. The molecule has 4 nitrogen and oxygen atoms in total.